The number of ether oxygens (including phenoxy) is 1. The number of sulfonamides is 1. The normalized spacial score (nSPS) is 12.6. The zero-order valence-electron chi connectivity index (χ0n) is 8.89. The molecule has 0 aromatic heterocycles. The highest BCUT2D eigenvalue weighted by atomic mass is 32.2. The van der Waals surface area contributed by atoms with Gasteiger partial charge in [0.15, 0.2) is 0 Å². The maximum absolute atomic E-state index is 10.9. The Kier molecular flexibility index (Phi) is 3.47. The number of nitrogens with zero attached hydrogens (tertiary/aromatic N) is 1. The van der Waals surface area contributed by atoms with Crippen LogP contribution in [0, 0.1) is 0 Å². The van der Waals surface area contributed by atoms with E-state index in [2.05, 4.69) is 4.40 Å². The summed E-state index contributed by atoms with van der Waals surface area (Å²) in [5.41, 5.74) is 1.24. The van der Waals surface area contributed by atoms with E-state index in [-0.39, 0.29) is 0 Å². The molecule has 0 saturated carbocycles. The molecule has 0 atom stereocenters. The van der Waals surface area contributed by atoms with Crippen LogP contribution >= 0.6 is 0 Å². The Bertz CT molecular complexity index is 460. The maximum Gasteiger partial charge on any atom is 0.250 e. The largest absolute Gasteiger partial charge is 0.497 e. The topological polar surface area (TPSA) is 55.7 Å². The minimum atomic E-state index is -3.33. The van der Waals surface area contributed by atoms with Crippen molar-refractivity contribution in [2.75, 3.05) is 13.4 Å². The molecule has 1 rings (SSSR count). The summed E-state index contributed by atoms with van der Waals surface area (Å²) in [6.07, 6.45) is 1.07. The van der Waals surface area contributed by atoms with Crippen molar-refractivity contribution in [2.24, 2.45) is 4.40 Å². The number of methoxy groups -OCH3 is 1. The molecule has 1 aromatic rings. The molecule has 0 fully saturated rings. The van der Waals surface area contributed by atoms with Gasteiger partial charge >= 0.3 is 0 Å². The van der Waals surface area contributed by atoms with Crippen molar-refractivity contribution in [1.82, 2.24) is 0 Å². The van der Waals surface area contributed by atoms with Crippen LogP contribution in [-0.4, -0.2) is 27.5 Å². The molecule has 4 nitrogen and oxygen atoms in total. The molecule has 0 amide bonds. The van der Waals surface area contributed by atoms with Gasteiger partial charge in [-0.1, -0.05) is 0 Å². The summed E-state index contributed by atoms with van der Waals surface area (Å²) in [5.74, 6) is 0.728. The summed E-state index contributed by atoms with van der Waals surface area (Å²) in [7, 11) is -1.75. The first-order valence-corrected chi connectivity index (χ1v) is 6.18. The first kappa shape index (κ1) is 11.7. The Hall–Kier alpha value is -1.36. The zero-order chi connectivity index (χ0) is 11.5. The summed E-state index contributed by atoms with van der Waals surface area (Å²) in [5, 5.41) is 0. The standard InChI is InChI=1S/C10H13NO3S/c1-8(11-15(3,12)13)9-4-6-10(14-2)7-5-9/h4-7H,1-3H3/b11-8+. The molecule has 0 spiro atoms. The third-order valence-corrected chi connectivity index (χ3v) is 2.42. The Labute approximate surface area is 89.7 Å². The van der Waals surface area contributed by atoms with E-state index in [4.69, 9.17) is 4.74 Å². The van der Waals surface area contributed by atoms with E-state index in [0.717, 1.165) is 17.6 Å². The van der Waals surface area contributed by atoms with Gasteiger partial charge in [0, 0.05) is 0 Å². The molecule has 0 saturated heterocycles. The second kappa shape index (κ2) is 4.44. The lowest BCUT2D eigenvalue weighted by Gasteiger charge is -2.02. The SMILES string of the molecule is COc1ccc(/C(C)=N/S(C)(=O)=O)cc1. The molecular formula is C10H13NO3S. The smallest absolute Gasteiger partial charge is 0.250 e. The van der Waals surface area contributed by atoms with Gasteiger partial charge in [-0.25, -0.2) is 8.42 Å². The van der Waals surface area contributed by atoms with Gasteiger partial charge < -0.3 is 4.74 Å². The molecule has 0 aliphatic carbocycles. The predicted octanol–water partition coefficient (Wildman–Crippen LogP) is 1.46. The van der Waals surface area contributed by atoms with Gasteiger partial charge in [0.05, 0.1) is 19.1 Å². The number of rotatable bonds is 3. The Morgan fingerprint density at radius 3 is 2.20 bits per heavy atom. The molecule has 82 valence electrons. The van der Waals surface area contributed by atoms with E-state index in [1.54, 1.807) is 38.3 Å². The lowest BCUT2D eigenvalue weighted by Crippen LogP contribution is -2.00. The van der Waals surface area contributed by atoms with E-state index in [9.17, 15) is 8.42 Å². The minimum absolute atomic E-state index is 0.472. The Morgan fingerprint density at radius 2 is 1.80 bits per heavy atom. The predicted molar refractivity (Wildman–Crippen MR) is 60.0 cm³/mol. The van der Waals surface area contributed by atoms with Gasteiger partial charge in [-0.05, 0) is 36.8 Å². The minimum Gasteiger partial charge on any atom is -0.497 e. The zero-order valence-corrected chi connectivity index (χ0v) is 9.71. The van der Waals surface area contributed by atoms with E-state index >= 15 is 0 Å². The quantitative estimate of drug-likeness (QED) is 0.735. The van der Waals surface area contributed by atoms with Crippen molar-refractivity contribution in [3.05, 3.63) is 29.8 Å². The molecule has 15 heavy (non-hydrogen) atoms. The lowest BCUT2D eigenvalue weighted by atomic mass is 10.1. The van der Waals surface area contributed by atoms with Gasteiger partial charge in [0.25, 0.3) is 0 Å². The molecule has 0 radical (unpaired) electrons. The molecule has 0 aliphatic heterocycles. The van der Waals surface area contributed by atoms with Crippen LogP contribution in [0.3, 0.4) is 0 Å². The monoisotopic (exact) mass is 227 g/mol. The summed E-state index contributed by atoms with van der Waals surface area (Å²) < 4.78 is 30.4. The number of hydrogen-bond acceptors (Lipinski definition) is 3. The van der Waals surface area contributed by atoms with Gasteiger partial charge in [0.1, 0.15) is 5.75 Å². The fraction of sp³-hybridized carbons (Fsp3) is 0.300. The number of benzene rings is 1. The molecule has 5 heteroatoms. The molecule has 0 N–H and O–H groups in total. The van der Waals surface area contributed by atoms with Crippen LogP contribution < -0.4 is 4.74 Å². The lowest BCUT2D eigenvalue weighted by molar-refractivity contribution is 0.415. The van der Waals surface area contributed by atoms with Crippen molar-refractivity contribution in [3.63, 3.8) is 0 Å². The summed E-state index contributed by atoms with van der Waals surface area (Å²) in [4.78, 5) is 0. The Balaban J connectivity index is 3.02. The van der Waals surface area contributed by atoms with Crippen LogP contribution in [-0.2, 0) is 10.0 Å². The van der Waals surface area contributed by atoms with Crippen molar-refractivity contribution in [1.29, 1.82) is 0 Å². The average Bonchev–Trinajstić information content (AvgIpc) is 2.15. The van der Waals surface area contributed by atoms with Gasteiger partial charge in [-0.3, -0.25) is 0 Å². The second-order valence-electron chi connectivity index (χ2n) is 3.14. The molecular weight excluding hydrogens is 214 g/mol. The maximum atomic E-state index is 10.9. The van der Waals surface area contributed by atoms with Crippen molar-refractivity contribution in [3.8, 4) is 5.75 Å². The van der Waals surface area contributed by atoms with Crippen LogP contribution in [0.25, 0.3) is 0 Å². The van der Waals surface area contributed by atoms with Gasteiger partial charge in [0.2, 0.25) is 10.0 Å². The van der Waals surface area contributed by atoms with Crippen molar-refractivity contribution in [2.45, 2.75) is 6.92 Å². The first-order chi connectivity index (χ1) is 6.92. The molecule has 0 bridgehead atoms. The van der Waals surface area contributed by atoms with E-state index in [1.807, 2.05) is 0 Å². The van der Waals surface area contributed by atoms with E-state index in [0.29, 0.717) is 5.71 Å². The molecule has 1 aromatic carbocycles. The highest BCUT2D eigenvalue weighted by Crippen LogP contribution is 2.12. The Morgan fingerprint density at radius 1 is 1.27 bits per heavy atom. The van der Waals surface area contributed by atoms with Crippen LogP contribution in [0.1, 0.15) is 12.5 Å². The molecule has 0 heterocycles. The van der Waals surface area contributed by atoms with Crippen LogP contribution in [0.2, 0.25) is 0 Å². The summed E-state index contributed by atoms with van der Waals surface area (Å²) in [6.45, 7) is 1.66. The highest BCUT2D eigenvalue weighted by molar-refractivity contribution is 7.89. The van der Waals surface area contributed by atoms with Crippen LogP contribution in [0.5, 0.6) is 5.75 Å². The van der Waals surface area contributed by atoms with Gasteiger partial charge in [-0.15, -0.1) is 0 Å². The van der Waals surface area contributed by atoms with Crippen molar-refractivity contribution < 1.29 is 13.2 Å². The highest BCUT2D eigenvalue weighted by Gasteiger charge is 2.02. The third kappa shape index (κ3) is 3.71. The summed E-state index contributed by atoms with van der Waals surface area (Å²) in [6, 6.07) is 7.05. The van der Waals surface area contributed by atoms with Crippen LogP contribution in [0.4, 0.5) is 0 Å². The second-order valence-corrected chi connectivity index (χ2v) is 4.79. The fourth-order valence-electron chi connectivity index (χ4n) is 1.13. The third-order valence-electron chi connectivity index (χ3n) is 1.81. The summed E-state index contributed by atoms with van der Waals surface area (Å²) >= 11 is 0. The van der Waals surface area contributed by atoms with E-state index in [1.165, 1.54) is 0 Å². The molecule has 0 aliphatic rings. The number of hydrogen-bond donors (Lipinski definition) is 0. The average molecular weight is 227 g/mol. The van der Waals surface area contributed by atoms with Gasteiger partial charge in [-0.2, -0.15) is 4.40 Å². The van der Waals surface area contributed by atoms with Crippen LogP contribution in [0.15, 0.2) is 28.7 Å². The fourth-order valence-corrected chi connectivity index (χ4v) is 1.74. The molecule has 0 unspecified atom stereocenters. The first-order valence-electron chi connectivity index (χ1n) is 4.33. The van der Waals surface area contributed by atoms with E-state index < -0.39 is 10.0 Å². The van der Waals surface area contributed by atoms with Crippen molar-refractivity contribution >= 4 is 15.7 Å².